The Kier molecular flexibility index (Phi) is 4.92. The molecule has 0 bridgehead atoms. The van der Waals surface area contributed by atoms with Crippen molar-refractivity contribution in [3.05, 3.63) is 34.8 Å². The number of halogens is 1. The average Bonchev–Trinajstić information content (AvgIpc) is 2.45. The first-order valence-corrected chi connectivity index (χ1v) is 7.06. The molecule has 106 valence electrons. The normalized spacial score (nSPS) is 12.0. The number of anilines is 1. The zero-order chi connectivity index (χ0) is 14.5. The maximum atomic E-state index is 5.68. The van der Waals surface area contributed by atoms with E-state index in [-0.39, 0.29) is 6.04 Å². The second-order valence-electron chi connectivity index (χ2n) is 4.51. The Balaban J connectivity index is 2.15. The average molecular weight is 337 g/mol. The van der Waals surface area contributed by atoms with Crippen LogP contribution < -0.4 is 15.8 Å². The summed E-state index contributed by atoms with van der Waals surface area (Å²) in [5, 5.41) is 11.5. The SMILES string of the molecule is COc1ccc(-c2ccc(NCC(C)N)nn2)cc1Br. The molecule has 1 aromatic heterocycles. The second kappa shape index (κ2) is 6.67. The van der Waals surface area contributed by atoms with Gasteiger partial charge >= 0.3 is 0 Å². The van der Waals surface area contributed by atoms with Crippen molar-refractivity contribution in [1.82, 2.24) is 10.2 Å². The number of methoxy groups -OCH3 is 1. The topological polar surface area (TPSA) is 73.1 Å². The van der Waals surface area contributed by atoms with Crippen molar-refractivity contribution in [1.29, 1.82) is 0 Å². The van der Waals surface area contributed by atoms with Crippen molar-refractivity contribution in [2.45, 2.75) is 13.0 Å². The largest absolute Gasteiger partial charge is 0.496 e. The van der Waals surface area contributed by atoms with Crippen LogP contribution in [-0.2, 0) is 0 Å². The van der Waals surface area contributed by atoms with Crippen LogP contribution >= 0.6 is 15.9 Å². The summed E-state index contributed by atoms with van der Waals surface area (Å²) >= 11 is 3.46. The molecular weight excluding hydrogens is 320 g/mol. The van der Waals surface area contributed by atoms with E-state index >= 15 is 0 Å². The van der Waals surface area contributed by atoms with Crippen molar-refractivity contribution in [3.8, 4) is 17.0 Å². The fraction of sp³-hybridized carbons (Fsp3) is 0.286. The van der Waals surface area contributed by atoms with E-state index in [0.29, 0.717) is 6.54 Å². The third kappa shape index (κ3) is 3.68. The van der Waals surface area contributed by atoms with Crippen LogP contribution in [0.5, 0.6) is 5.75 Å². The zero-order valence-electron chi connectivity index (χ0n) is 11.4. The Bertz CT molecular complexity index is 572. The lowest BCUT2D eigenvalue weighted by Crippen LogP contribution is -2.25. The molecule has 0 fully saturated rings. The molecule has 1 heterocycles. The number of hydrogen-bond acceptors (Lipinski definition) is 5. The summed E-state index contributed by atoms with van der Waals surface area (Å²) in [6.07, 6.45) is 0. The molecule has 1 aromatic carbocycles. The van der Waals surface area contributed by atoms with E-state index in [1.807, 2.05) is 37.3 Å². The van der Waals surface area contributed by atoms with Gasteiger partial charge in [-0.15, -0.1) is 10.2 Å². The van der Waals surface area contributed by atoms with Crippen molar-refractivity contribution in [2.75, 3.05) is 19.0 Å². The van der Waals surface area contributed by atoms with Gasteiger partial charge in [0, 0.05) is 18.2 Å². The predicted molar refractivity (Wildman–Crippen MR) is 83.9 cm³/mol. The van der Waals surface area contributed by atoms with Gasteiger partial charge < -0.3 is 15.8 Å². The van der Waals surface area contributed by atoms with Crippen LogP contribution in [0.15, 0.2) is 34.8 Å². The molecule has 6 heteroatoms. The highest BCUT2D eigenvalue weighted by molar-refractivity contribution is 9.10. The van der Waals surface area contributed by atoms with E-state index in [1.54, 1.807) is 7.11 Å². The van der Waals surface area contributed by atoms with Crippen molar-refractivity contribution in [3.63, 3.8) is 0 Å². The van der Waals surface area contributed by atoms with Gasteiger partial charge in [-0.3, -0.25) is 0 Å². The summed E-state index contributed by atoms with van der Waals surface area (Å²) in [7, 11) is 1.64. The number of hydrogen-bond donors (Lipinski definition) is 2. The summed E-state index contributed by atoms with van der Waals surface area (Å²) < 4.78 is 6.09. The molecule has 5 nitrogen and oxygen atoms in total. The molecule has 3 N–H and O–H groups in total. The molecule has 1 atom stereocenters. The van der Waals surface area contributed by atoms with E-state index in [0.717, 1.165) is 27.3 Å². The number of rotatable bonds is 5. The van der Waals surface area contributed by atoms with Crippen LogP contribution in [0.25, 0.3) is 11.3 Å². The summed E-state index contributed by atoms with van der Waals surface area (Å²) in [6.45, 7) is 2.60. The number of ether oxygens (including phenoxy) is 1. The maximum Gasteiger partial charge on any atom is 0.148 e. The third-order valence-electron chi connectivity index (χ3n) is 2.72. The van der Waals surface area contributed by atoms with Gasteiger partial charge in [-0.25, -0.2) is 0 Å². The van der Waals surface area contributed by atoms with E-state index < -0.39 is 0 Å². The van der Waals surface area contributed by atoms with Crippen LogP contribution in [0.2, 0.25) is 0 Å². The third-order valence-corrected chi connectivity index (χ3v) is 3.34. The van der Waals surface area contributed by atoms with Gasteiger partial charge in [0.25, 0.3) is 0 Å². The van der Waals surface area contributed by atoms with Crippen LogP contribution in [0.1, 0.15) is 6.92 Å². The van der Waals surface area contributed by atoms with Gasteiger partial charge in [-0.2, -0.15) is 0 Å². The van der Waals surface area contributed by atoms with E-state index in [2.05, 4.69) is 31.4 Å². The highest BCUT2D eigenvalue weighted by atomic mass is 79.9. The van der Waals surface area contributed by atoms with Gasteiger partial charge in [-0.1, -0.05) is 0 Å². The summed E-state index contributed by atoms with van der Waals surface area (Å²) in [4.78, 5) is 0. The standard InChI is InChI=1S/C14H17BrN4O/c1-9(16)8-17-14-6-4-12(18-19-14)10-3-5-13(20-2)11(15)7-10/h3-7,9H,8,16H2,1-2H3,(H,17,19). The Morgan fingerprint density at radius 2 is 2.10 bits per heavy atom. The molecule has 2 aromatic rings. The second-order valence-corrected chi connectivity index (χ2v) is 5.37. The van der Waals surface area contributed by atoms with Crippen LogP contribution in [0.3, 0.4) is 0 Å². The number of nitrogens with two attached hydrogens (primary N) is 1. The van der Waals surface area contributed by atoms with E-state index in [4.69, 9.17) is 10.5 Å². The molecule has 2 rings (SSSR count). The monoisotopic (exact) mass is 336 g/mol. The molecule has 0 saturated heterocycles. The van der Waals surface area contributed by atoms with Crippen LogP contribution in [-0.4, -0.2) is 29.9 Å². The quantitative estimate of drug-likeness (QED) is 0.878. The first-order valence-electron chi connectivity index (χ1n) is 6.27. The minimum atomic E-state index is 0.0778. The lowest BCUT2D eigenvalue weighted by atomic mass is 10.1. The Morgan fingerprint density at radius 3 is 2.65 bits per heavy atom. The summed E-state index contributed by atoms with van der Waals surface area (Å²) in [5.74, 6) is 1.51. The molecule has 0 saturated carbocycles. The Labute approximate surface area is 126 Å². The molecule has 20 heavy (non-hydrogen) atoms. The van der Waals surface area contributed by atoms with Crippen LogP contribution in [0, 0.1) is 0 Å². The summed E-state index contributed by atoms with van der Waals surface area (Å²) in [6, 6.07) is 9.69. The van der Waals surface area contributed by atoms with Gasteiger partial charge in [0.1, 0.15) is 11.6 Å². The van der Waals surface area contributed by atoms with Gasteiger partial charge in [-0.05, 0) is 53.2 Å². The van der Waals surface area contributed by atoms with E-state index in [1.165, 1.54) is 0 Å². The van der Waals surface area contributed by atoms with Gasteiger partial charge in [0.05, 0.1) is 17.3 Å². The van der Waals surface area contributed by atoms with Crippen LogP contribution in [0.4, 0.5) is 5.82 Å². The molecule has 0 aliphatic rings. The molecule has 0 spiro atoms. The minimum Gasteiger partial charge on any atom is -0.496 e. The molecule has 0 aliphatic carbocycles. The fourth-order valence-corrected chi connectivity index (χ4v) is 2.21. The number of nitrogens with zero attached hydrogens (tertiary/aromatic N) is 2. The molecule has 1 unspecified atom stereocenters. The first-order chi connectivity index (χ1) is 9.60. The van der Waals surface area contributed by atoms with Crippen molar-refractivity contribution < 1.29 is 4.74 Å². The smallest absolute Gasteiger partial charge is 0.148 e. The summed E-state index contributed by atoms with van der Waals surface area (Å²) in [5.41, 5.74) is 7.46. The first kappa shape index (κ1) is 14.7. The molecule has 0 aliphatic heterocycles. The number of benzene rings is 1. The fourth-order valence-electron chi connectivity index (χ4n) is 1.67. The highest BCUT2D eigenvalue weighted by Gasteiger charge is 2.05. The predicted octanol–water partition coefficient (Wildman–Crippen LogP) is 2.67. The lowest BCUT2D eigenvalue weighted by molar-refractivity contribution is 0.412. The minimum absolute atomic E-state index is 0.0778. The lowest BCUT2D eigenvalue weighted by Gasteiger charge is -2.08. The Morgan fingerprint density at radius 1 is 1.30 bits per heavy atom. The van der Waals surface area contributed by atoms with Gasteiger partial charge in [0.15, 0.2) is 0 Å². The maximum absolute atomic E-state index is 5.68. The number of nitrogens with one attached hydrogen (secondary N) is 1. The molecule has 0 radical (unpaired) electrons. The number of aromatic nitrogens is 2. The highest BCUT2D eigenvalue weighted by Crippen LogP contribution is 2.29. The zero-order valence-corrected chi connectivity index (χ0v) is 13.0. The Hall–Kier alpha value is -1.66. The molecule has 0 amide bonds. The van der Waals surface area contributed by atoms with Crippen molar-refractivity contribution >= 4 is 21.7 Å². The van der Waals surface area contributed by atoms with E-state index in [9.17, 15) is 0 Å². The molecular formula is C14H17BrN4O. The van der Waals surface area contributed by atoms with Crippen molar-refractivity contribution in [2.24, 2.45) is 5.73 Å². The van der Waals surface area contributed by atoms with Gasteiger partial charge in [0.2, 0.25) is 0 Å².